The zero-order valence-electron chi connectivity index (χ0n) is 15.1. The third-order valence-corrected chi connectivity index (χ3v) is 6.38. The van der Waals surface area contributed by atoms with Crippen molar-refractivity contribution < 1.29 is 0 Å². The lowest BCUT2D eigenvalue weighted by Gasteiger charge is -2.43. The second-order valence-electron chi connectivity index (χ2n) is 9.56. The van der Waals surface area contributed by atoms with Crippen LogP contribution in [0, 0.1) is 10.8 Å². The Morgan fingerprint density at radius 3 is 2.39 bits per heavy atom. The summed E-state index contributed by atoms with van der Waals surface area (Å²) in [6.45, 7) is 10.3. The Bertz CT molecular complexity index is 710. The molecule has 1 aromatic heterocycles. The molecular formula is C20H29BN2. The van der Waals surface area contributed by atoms with Crippen LogP contribution in [0.15, 0.2) is 24.5 Å². The zero-order valence-corrected chi connectivity index (χ0v) is 15.1. The van der Waals surface area contributed by atoms with E-state index in [-0.39, 0.29) is 0 Å². The van der Waals surface area contributed by atoms with Crippen LogP contribution < -0.4 is 5.46 Å². The first-order valence-electron chi connectivity index (χ1n) is 9.30. The quantitative estimate of drug-likeness (QED) is 0.720. The maximum Gasteiger partial charge on any atom is 0.176 e. The molecule has 0 unspecified atom stereocenters. The molecule has 0 radical (unpaired) electrons. The highest BCUT2D eigenvalue weighted by atomic mass is 15.1. The van der Waals surface area contributed by atoms with Gasteiger partial charge in [0, 0.05) is 6.04 Å². The maximum absolute atomic E-state index is 4.72. The van der Waals surface area contributed by atoms with E-state index in [0.29, 0.717) is 16.9 Å². The predicted octanol–water partition coefficient (Wildman–Crippen LogP) is 4.92. The molecule has 2 nitrogen and oxygen atoms in total. The minimum atomic E-state index is 0.510. The van der Waals surface area contributed by atoms with Gasteiger partial charge in [-0.3, -0.25) is 0 Å². The summed E-state index contributed by atoms with van der Waals surface area (Å²) in [5.74, 6) is 0. The smallest absolute Gasteiger partial charge is 0.176 e. The molecule has 23 heavy (non-hydrogen) atoms. The zero-order chi connectivity index (χ0) is 16.2. The van der Waals surface area contributed by atoms with Gasteiger partial charge >= 0.3 is 0 Å². The second-order valence-corrected chi connectivity index (χ2v) is 9.56. The van der Waals surface area contributed by atoms with Crippen molar-refractivity contribution >= 4 is 23.2 Å². The Hall–Kier alpha value is -1.25. The highest BCUT2D eigenvalue weighted by molar-refractivity contribution is 6.73. The van der Waals surface area contributed by atoms with Crippen LogP contribution in [0.2, 0.25) is 12.6 Å². The van der Waals surface area contributed by atoms with Gasteiger partial charge in [0.05, 0.1) is 17.4 Å². The van der Waals surface area contributed by atoms with Gasteiger partial charge in [0.15, 0.2) is 6.71 Å². The van der Waals surface area contributed by atoms with Crippen LogP contribution in [0.4, 0.5) is 0 Å². The van der Waals surface area contributed by atoms with Crippen molar-refractivity contribution in [3.05, 3.63) is 24.5 Å². The number of benzene rings is 1. The molecule has 1 aliphatic carbocycles. The van der Waals surface area contributed by atoms with Crippen LogP contribution in [-0.4, -0.2) is 16.3 Å². The predicted molar refractivity (Wildman–Crippen MR) is 99.8 cm³/mol. The summed E-state index contributed by atoms with van der Waals surface area (Å²) in [5.41, 5.74) is 5.07. The highest BCUT2D eigenvalue weighted by Crippen LogP contribution is 2.48. The van der Waals surface area contributed by atoms with E-state index in [0.717, 1.165) is 6.71 Å². The summed E-state index contributed by atoms with van der Waals surface area (Å²) in [4.78, 5) is 4.72. The minimum Gasteiger partial charge on any atom is -0.327 e. The van der Waals surface area contributed by atoms with Crippen molar-refractivity contribution in [2.75, 3.05) is 0 Å². The van der Waals surface area contributed by atoms with Crippen LogP contribution in [-0.2, 0) is 0 Å². The van der Waals surface area contributed by atoms with Gasteiger partial charge in [-0.1, -0.05) is 64.7 Å². The van der Waals surface area contributed by atoms with Crippen molar-refractivity contribution in [2.45, 2.75) is 72.1 Å². The number of aromatic nitrogens is 2. The molecule has 2 heterocycles. The highest BCUT2D eigenvalue weighted by Gasteiger charge is 2.37. The minimum absolute atomic E-state index is 0.510. The summed E-state index contributed by atoms with van der Waals surface area (Å²) in [6.07, 6.45) is 9.98. The fraction of sp³-hybridized carbons (Fsp3) is 0.650. The molecule has 0 atom stereocenters. The van der Waals surface area contributed by atoms with Crippen molar-refractivity contribution in [3.8, 4) is 0 Å². The van der Waals surface area contributed by atoms with Gasteiger partial charge in [-0.05, 0) is 35.8 Å². The normalized spacial score (nSPS) is 23.9. The fourth-order valence-electron chi connectivity index (χ4n) is 4.74. The number of fused-ring (bicyclic) bond motifs is 1. The average Bonchev–Trinajstić information content (AvgIpc) is 2.87. The molecule has 2 fully saturated rings. The lowest BCUT2D eigenvalue weighted by atomic mass is 9.35. The van der Waals surface area contributed by atoms with Crippen LogP contribution in [0.3, 0.4) is 0 Å². The molecule has 2 aliphatic rings. The lowest BCUT2D eigenvalue weighted by Crippen LogP contribution is -2.36. The molecule has 0 N–H and O–H groups in total. The molecule has 1 saturated carbocycles. The molecule has 0 spiro atoms. The third kappa shape index (κ3) is 2.83. The Morgan fingerprint density at radius 1 is 1.04 bits per heavy atom. The molecule has 1 aliphatic heterocycles. The first-order chi connectivity index (χ1) is 10.8. The summed E-state index contributed by atoms with van der Waals surface area (Å²) >= 11 is 0. The number of imidazole rings is 1. The van der Waals surface area contributed by atoms with Gasteiger partial charge in [0.25, 0.3) is 0 Å². The molecule has 4 rings (SSSR count). The van der Waals surface area contributed by atoms with E-state index in [9.17, 15) is 0 Å². The standard InChI is InChI=1S/C20H29BN2/c1-19(2)7-9-21(10-8-19)15-5-6-18-17(11-15)22-14-23(18)16-12-20(3,4)13-16/h5-6,11,14,16H,7-10,12-13H2,1-4H3. The van der Waals surface area contributed by atoms with Crippen molar-refractivity contribution in [3.63, 3.8) is 0 Å². The Balaban J connectivity index is 1.56. The van der Waals surface area contributed by atoms with Crippen molar-refractivity contribution in [1.29, 1.82) is 0 Å². The van der Waals surface area contributed by atoms with Gasteiger partial charge in [0.1, 0.15) is 0 Å². The van der Waals surface area contributed by atoms with Gasteiger partial charge in [-0.2, -0.15) is 0 Å². The molecule has 1 aromatic carbocycles. The third-order valence-electron chi connectivity index (χ3n) is 6.38. The molecule has 2 aromatic rings. The summed E-state index contributed by atoms with van der Waals surface area (Å²) < 4.78 is 2.41. The summed E-state index contributed by atoms with van der Waals surface area (Å²) in [5, 5.41) is 0. The number of hydrogen-bond acceptors (Lipinski definition) is 1. The molecular weight excluding hydrogens is 279 g/mol. The second kappa shape index (κ2) is 5.12. The Morgan fingerprint density at radius 2 is 1.74 bits per heavy atom. The van der Waals surface area contributed by atoms with E-state index in [1.165, 1.54) is 54.8 Å². The van der Waals surface area contributed by atoms with E-state index >= 15 is 0 Å². The Kier molecular flexibility index (Phi) is 3.41. The molecule has 3 heteroatoms. The van der Waals surface area contributed by atoms with E-state index in [4.69, 9.17) is 4.98 Å². The largest absolute Gasteiger partial charge is 0.327 e. The monoisotopic (exact) mass is 308 g/mol. The summed E-state index contributed by atoms with van der Waals surface area (Å²) in [6, 6.07) is 7.70. The SMILES string of the molecule is CC1(C)CCB(c2ccc3c(c2)ncn3C2CC(C)(C)C2)CC1. The number of nitrogens with zero attached hydrogens (tertiary/aromatic N) is 2. The first kappa shape index (κ1) is 15.3. The molecule has 0 bridgehead atoms. The van der Waals surface area contributed by atoms with E-state index in [2.05, 4.69) is 56.8 Å². The number of hydrogen-bond donors (Lipinski definition) is 0. The Labute approximate surface area is 140 Å². The first-order valence-corrected chi connectivity index (χ1v) is 9.30. The van der Waals surface area contributed by atoms with Crippen LogP contribution >= 0.6 is 0 Å². The van der Waals surface area contributed by atoms with Crippen LogP contribution in [0.1, 0.15) is 59.4 Å². The molecule has 0 amide bonds. The molecule has 122 valence electrons. The van der Waals surface area contributed by atoms with E-state index in [1.807, 2.05) is 0 Å². The van der Waals surface area contributed by atoms with E-state index in [1.54, 1.807) is 0 Å². The average molecular weight is 308 g/mol. The maximum atomic E-state index is 4.72. The van der Waals surface area contributed by atoms with E-state index < -0.39 is 0 Å². The van der Waals surface area contributed by atoms with Gasteiger partial charge < -0.3 is 4.57 Å². The van der Waals surface area contributed by atoms with Gasteiger partial charge in [-0.15, -0.1) is 0 Å². The van der Waals surface area contributed by atoms with Gasteiger partial charge in [-0.25, -0.2) is 4.98 Å². The molecule has 1 saturated heterocycles. The van der Waals surface area contributed by atoms with Gasteiger partial charge in [0.2, 0.25) is 0 Å². The van der Waals surface area contributed by atoms with Crippen LogP contribution in [0.25, 0.3) is 11.0 Å². The van der Waals surface area contributed by atoms with Crippen LogP contribution in [0.5, 0.6) is 0 Å². The topological polar surface area (TPSA) is 17.8 Å². The van der Waals surface area contributed by atoms with Crippen molar-refractivity contribution in [1.82, 2.24) is 9.55 Å². The summed E-state index contributed by atoms with van der Waals surface area (Å²) in [7, 11) is 0. The lowest BCUT2D eigenvalue weighted by molar-refractivity contribution is 0.107. The van der Waals surface area contributed by atoms with Crippen molar-refractivity contribution in [2.24, 2.45) is 10.8 Å². The fourth-order valence-corrected chi connectivity index (χ4v) is 4.74. The number of rotatable bonds is 2.